The maximum absolute atomic E-state index is 12.1. The number of imidazole rings is 1. The summed E-state index contributed by atoms with van der Waals surface area (Å²) < 4.78 is 0. The van der Waals surface area contributed by atoms with Gasteiger partial charge in [-0.05, 0) is 13.3 Å². The molecule has 0 aliphatic rings. The van der Waals surface area contributed by atoms with Crippen molar-refractivity contribution in [1.82, 2.24) is 30.6 Å². The molecular formula is C15H19N7O5S. The summed E-state index contributed by atoms with van der Waals surface area (Å²) >= 11 is 1.14. The van der Waals surface area contributed by atoms with Gasteiger partial charge in [0.1, 0.15) is 29.0 Å². The molecule has 2 rings (SSSR count). The van der Waals surface area contributed by atoms with E-state index in [1.54, 1.807) is 0 Å². The number of aliphatic carboxylic acids is 1. The molecule has 2 heterocycles. The minimum Gasteiger partial charge on any atom is -0.481 e. The Morgan fingerprint density at radius 3 is 2.68 bits per heavy atom. The highest BCUT2D eigenvalue weighted by Gasteiger charge is 2.23. The van der Waals surface area contributed by atoms with E-state index in [-0.39, 0.29) is 18.6 Å². The first kappa shape index (κ1) is 21.1. The Labute approximate surface area is 163 Å². The number of H-pyrrole nitrogens is 1. The van der Waals surface area contributed by atoms with Crippen LogP contribution in [0.4, 0.5) is 0 Å². The third kappa shape index (κ3) is 5.90. The van der Waals surface area contributed by atoms with Gasteiger partial charge in [0, 0.05) is 6.42 Å². The van der Waals surface area contributed by atoms with Gasteiger partial charge in [-0.25, -0.2) is 15.0 Å². The Balaban J connectivity index is 1.85. The van der Waals surface area contributed by atoms with E-state index in [4.69, 9.17) is 10.8 Å². The molecule has 12 nitrogen and oxygen atoms in total. The Kier molecular flexibility index (Phi) is 7.26. The third-order valence-corrected chi connectivity index (χ3v) is 4.60. The van der Waals surface area contributed by atoms with Gasteiger partial charge in [-0.1, -0.05) is 11.8 Å². The number of hydrogen-bond acceptors (Lipinski definition) is 8. The SMILES string of the molecule is C[C@@H](NC(=O)CSc1ncnc2nc[nH]c12)C(=O)N[C@@H](CCC(=O)O)C(N)=O. The number of primary amides is 1. The van der Waals surface area contributed by atoms with Crippen molar-refractivity contribution >= 4 is 46.6 Å². The molecule has 3 amide bonds. The second-order valence-electron chi connectivity index (χ2n) is 5.75. The smallest absolute Gasteiger partial charge is 0.303 e. The van der Waals surface area contributed by atoms with E-state index in [0.29, 0.717) is 16.2 Å². The van der Waals surface area contributed by atoms with Crippen molar-refractivity contribution in [2.75, 3.05) is 5.75 Å². The van der Waals surface area contributed by atoms with Crippen molar-refractivity contribution in [2.45, 2.75) is 36.9 Å². The Morgan fingerprint density at radius 2 is 2.00 bits per heavy atom. The van der Waals surface area contributed by atoms with Crippen LogP contribution >= 0.6 is 11.8 Å². The van der Waals surface area contributed by atoms with Crippen molar-refractivity contribution in [3.63, 3.8) is 0 Å². The minimum absolute atomic E-state index is 0.0129. The van der Waals surface area contributed by atoms with Gasteiger partial charge in [0.15, 0.2) is 5.65 Å². The molecule has 2 aromatic rings. The summed E-state index contributed by atoms with van der Waals surface area (Å²) in [5, 5.41) is 14.0. The van der Waals surface area contributed by atoms with Crippen LogP contribution in [0.25, 0.3) is 11.2 Å². The topological polar surface area (TPSA) is 193 Å². The van der Waals surface area contributed by atoms with E-state index in [1.165, 1.54) is 19.6 Å². The summed E-state index contributed by atoms with van der Waals surface area (Å²) in [4.78, 5) is 61.1. The number of rotatable bonds is 10. The number of nitrogens with zero attached hydrogens (tertiary/aromatic N) is 3. The number of hydrogen-bond donors (Lipinski definition) is 5. The van der Waals surface area contributed by atoms with Crippen LogP contribution < -0.4 is 16.4 Å². The molecule has 0 bridgehead atoms. The van der Waals surface area contributed by atoms with Gasteiger partial charge < -0.3 is 26.5 Å². The first-order valence-electron chi connectivity index (χ1n) is 8.15. The van der Waals surface area contributed by atoms with Crippen LogP contribution in [-0.4, -0.2) is 66.6 Å². The lowest BCUT2D eigenvalue weighted by atomic mass is 10.1. The molecule has 0 aliphatic heterocycles. The number of carbonyl (C=O) groups is 4. The van der Waals surface area contributed by atoms with Gasteiger partial charge in [-0.3, -0.25) is 19.2 Å². The molecule has 0 saturated carbocycles. The molecule has 0 radical (unpaired) electrons. The van der Waals surface area contributed by atoms with Crippen molar-refractivity contribution < 1.29 is 24.3 Å². The van der Waals surface area contributed by atoms with Crippen molar-refractivity contribution in [3.8, 4) is 0 Å². The number of nitrogens with one attached hydrogen (secondary N) is 3. The number of carbonyl (C=O) groups excluding carboxylic acids is 3. The second-order valence-corrected chi connectivity index (χ2v) is 6.72. The lowest BCUT2D eigenvalue weighted by molar-refractivity contribution is -0.137. The van der Waals surface area contributed by atoms with Crippen molar-refractivity contribution in [3.05, 3.63) is 12.7 Å². The standard InChI is InChI=1S/C15H19N7O5S/c1-7(14(27)22-8(12(16)26)2-3-10(24)25)21-9(23)4-28-15-11-13(18-5-17-11)19-6-20-15/h5-8H,2-4H2,1H3,(H2,16,26)(H,21,23)(H,22,27)(H,24,25)(H,17,18,19,20)/t7-,8+/m1/s1. The Bertz CT molecular complexity index is 887. The Hall–Kier alpha value is -3.22. The van der Waals surface area contributed by atoms with Gasteiger partial charge in [0.25, 0.3) is 0 Å². The van der Waals surface area contributed by atoms with E-state index in [1.807, 2.05) is 0 Å². The predicted octanol–water partition coefficient (Wildman–Crippen LogP) is -1.22. The summed E-state index contributed by atoms with van der Waals surface area (Å²) in [5.41, 5.74) is 6.25. The first-order valence-corrected chi connectivity index (χ1v) is 9.14. The molecule has 0 fully saturated rings. The van der Waals surface area contributed by atoms with Crippen LogP contribution in [0.15, 0.2) is 17.7 Å². The van der Waals surface area contributed by atoms with E-state index in [2.05, 4.69) is 30.6 Å². The normalized spacial score (nSPS) is 12.9. The van der Waals surface area contributed by atoms with E-state index in [0.717, 1.165) is 11.8 Å². The molecule has 6 N–H and O–H groups in total. The van der Waals surface area contributed by atoms with Gasteiger partial charge in [0.2, 0.25) is 17.7 Å². The predicted molar refractivity (Wildman–Crippen MR) is 98.0 cm³/mol. The highest BCUT2D eigenvalue weighted by molar-refractivity contribution is 8.00. The molecule has 13 heteroatoms. The molecule has 0 spiro atoms. The summed E-state index contributed by atoms with van der Waals surface area (Å²) in [7, 11) is 0. The van der Waals surface area contributed by atoms with Crippen LogP contribution in [0.2, 0.25) is 0 Å². The quantitative estimate of drug-likeness (QED) is 0.236. The van der Waals surface area contributed by atoms with Crippen LogP contribution in [0.5, 0.6) is 0 Å². The lowest BCUT2D eigenvalue weighted by Crippen LogP contribution is -2.52. The first-order chi connectivity index (χ1) is 13.3. The molecule has 0 aromatic carbocycles. The van der Waals surface area contributed by atoms with E-state index >= 15 is 0 Å². The van der Waals surface area contributed by atoms with E-state index in [9.17, 15) is 19.2 Å². The number of carboxylic acids is 1. The molecule has 28 heavy (non-hydrogen) atoms. The molecule has 0 aliphatic carbocycles. The third-order valence-electron chi connectivity index (χ3n) is 3.61. The van der Waals surface area contributed by atoms with Gasteiger partial charge in [0.05, 0.1) is 12.1 Å². The zero-order chi connectivity index (χ0) is 20.7. The van der Waals surface area contributed by atoms with Crippen molar-refractivity contribution in [2.24, 2.45) is 5.73 Å². The minimum atomic E-state index is -1.13. The summed E-state index contributed by atoms with van der Waals surface area (Å²) in [6.07, 6.45) is 2.34. The maximum atomic E-state index is 12.1. The van der Waals surface area contributed by atoms with Gasteiger partial charge >= 0.3 is 5.97 Å². The average molecular weight is 409 g/mol. The lowest BCUT2D eigenvalue weighted by Gasteiger charge is -2.18. The number of amides is 3. The van der Waals surface area contributed by atoms with Gasteiger partial charge in [-0.15, -0.1) is 0 Å². The fraction of sp³-hybridized carbons (Fsp3) is 0.400. The molecule has 2 atom stereocenters. The fourth-order valence-corrected chi connectivity index (χ4v) is 2.95. The average Bonchev–Trinajstić information content (AvgIpc) is 3.12. The number of carboxylic acid groups (broad SMARTS) is 1. The highest BCUT2D eigenvalue weighted by Crippen LogP contribution is 2.21. The highest BCUT2D eigenvalue weighted by atomic mass is 32.2. The fourth-order valence-electron chi connectivity index (χ4n) is 2.19. The number of nitrogens with two attached hydrogens (primary N) is 1. The zero-order valence-electron chi connectivity index (χ0n) is 14.8. The largest absolute Gasteiger partial charge is 0.481 e. The molecular weight excluding hydrogens is 390 g/mol. The van der Waals surface area contributed by atoms with Crippen LogP contribution in [0.3, 0.4) is 0 Å². The summed E-state index contributed by atoms with van der Waals surface area (Å²) in [6.45, 7) is 1.44. The second kappa shape index (κ2) is 9.64. The number of aromatic nitrogens is 4. The molecule has 0 unspecified atom stereocenters. The van der Waals surface area contributed by atoms with Crippen LogP contribution in [0, 0.1) is 0 Å². The molecule has 2 aromatic heterocycles. The summed E-state index contributed by atoms with van der Waals surface area (Å²) in [6, 6.07) is -2.08. The van der Waals surface area contributed by atoms with Gasteiger partial charge in [-0.2, -0.15) is 0 Å². The monoisotopic (exact) mass is 409 g/mol. The molecule has 150 valence electrons. The summed E-state index contributed by atoms with van der Waals surface area (Å²) in [5.74, 6) is -3.06. The number of thioether (sulfide) groups is 1. The van der Waals surface area contributed by atoms with Crippen LogP contribution in [-0.2, 0) is 19.2 Å². The number of fused-ring (bicyclic) bond motifs is 1. The zero-order valence-corrected chi connectivity index (χ0v) is 15.7. The van der Waals surface area contributed by atoms with E-state index < -0.39 is 35.8 Å². The van der Waals surface area contributed by atoms with Crippen LogP contribution in [0.1, 0.15) is 19.8 Å². The van der Waals surface area contributed by atoms with Crippen molar-refractivity contribution in [1.29, 1.82) is 0 Å². The Morgan fingerprint density at radius 1 is 1.25 bits per heavy atom. The maximum Gasteiger partial charge on any atom is 0.303 e. The molecule has 0 saturated heterocycles. The number of aromatic amines is 1.